The second kappa shape index (κ2) is 12.0. The summed E-state index contributed by atoms with van der Waals surface area (Å²) in [6.07, 6.45) is 6.75. The SMILES string of the molecule is COCC(C)(C(=O)NCC1(C)CCC1)c1cccc(NC(=O)[C@@H](NC(=O)c2ccnn2C)C2c3ccccc3OCC23CC3)c1. The van der Waals surface area contributed by atoms with Crippen LogP contribution in [0.2, 0.25) is 0 Å². The van der Waals surface area contributed by atoms with Crippen molar-refractivity contribution in [1.29, 1.82) is 0 Å². The molecule has 1 spiro atoms. The molecule has 2 unspecified atom stereocenters. The Labute approximate surface area is 264 Å². The van der Waals surface area contributed by atoms with E-state index in [1.165, 1.54) is 11.1 Å². The zero-order valence-corrected chi connectivity index (χ0v) is 26.5. The lowest BCUT2D eigenvalue weighted by Gasteiger charge is -2.39. The van der Waals surface area contributed by atoms with Crippen LogP contribution in [0.15, 0.2) is 60.8 Å². The van der Waals surface area contributed by atoms with Crippen LogP contribution >= 0.6 is 0 Å². The largest absolute Gasteiger partial charge is 0.493 e. The quantitative estimate of drug-likeness (QED) is 0.296. The summed E-state index contributed by atoms with van der Waals surface area (Å²) in [4.78, 5) is 41.4. The molecule has 238 valence electrons. The van der Waals surface area contributed by atoms with Crippen LogP contribution in [0.3, 0.4) is 0 Å². The molecule has 3 amide bonds. The Morgan fingerprint density at radius 3 is 2.56 bits per heavy atom. The molecule has 3 atom stereocenters. The second-order valence-corrected chi connectivity index (χ2v) is 13.6. The number of hydrogen-bond acceptors (Lipinski definition) is 6. The Bertz CT molecular complexity index is 1590. The van der Waals surface area contributed by atoms with Crippen LogP contribution in [-0.2, 0) is 26.8 Å². The molecule has 1 aliphatic heterocycles. The van der Waals surface area contributed by atoms with Gasteiger partial charge in [0.1, 0.15) is 17.5 Å². The summed E-state index contributed by atoms with van der Waals surface area (Å²) in [6, 6.07) is 15.8. The van der Waals surface area contributed by atoms with Gasteiger partial charge >= 0.3 is 0 Å². The van der Waals surface area contributed by atoms with E-state index in [9.17, 15) is 14.4 Å². The van der Waals surface area contributed by atoms with E-state index in [2.05, 4.69) is 28.0 Å². The van der Waals surface area contributed by atoms with Crippen molar-refractivity contribution in [2.75, 3.05) is 32.2 Å². The smallest absolute Gasteiger partial charge is 0.270 e. The molecule has 0 bridgehead atoms. The van der Waals surface area contributed by atoms with Gasteiger partial charge in [-0.2, -0.15) is 5.10 Å². The van der Waals surface area contributed by atoms with E-state index in [1.807, 2.05) is 49.4 Å². The number of benzene rings is 2. The number of amides is 3. The van der Waals surface area contributed by atoms with Gasteiger partial charge in [0.2, 0.25) is 11.8 Å². The molecule has 0 radical (unpaired) electrons. The zero-order chi connectivity index (χ0) is 31.8. The molecule has 2 saturated carbocycles. The summed E-state index contributed by atoms with van der Waals surface area (Å²) in [5, 5.41) is 13.4. The molecule has 0 saturated heterocycles. The van der Waals surface area contributed by atoms with Crippen LogP contribution in [0, 0.1) is 10.8 Å². The third-order valence-corrected chi connectivity index (χ3v) is 10.2. The normalized spacial score (nSPS) is 20.8. The number of aromatic nitrogens is 2. The van der Waals surface area contributed by atoms with Gasteiger partial charge in [-0.1, -0.05) is 43.7 Å². The van der Waals surface area contributed by atoms with E-state index in [0.717, 1.165) is 42.6 Å². The van der Waals surface area contributed by atoms with Crippen molar-refractivity contribution in [1.82, 2.24) is 20.4 Å². The molecule has 3 N–H and O–H groups in total. The number of carbonyl (C=O) groups is 3. The number of aryl methyl sites for hydroxylation is 1. The number of carbonyl (C=O) groups excluding carboxylic acids is 3. The molecule has 10 heteroatoms. The minimum absolute atomic E-state index is 0.114. The fraction of sp³-hybridized carbons (Fsp3) is 0.486. The topological polar surface area (TPSA) is 124 Å². The first kappa shape index (κ1) is 30.8. The highest BCUT2D eigenvalue weighted by Gasteiger charge is 2.58. The fourth-order valence-corrected chi connectivity index (χ4v) is 6.95. The van der Waals surface area contributed by atoms with Crippen LogP contribution in [0.25, 0.3) is 0 Å². The van der Waals surface area contributed by atoms with Crippen molar-refractivity contribution in [2.45, 2.75) is 63.3 Å². The second-order valence-electron chi connectivity index (χ2n) is 13.6. The number of nitrogens with one attached hydrogen (secondary N) is 3. The van der Waals surface area contributed by atoms with Crippen molar-refractivity contribution in [3.63, 3.8) is 0 Å². The Kier molecular flexibility index (Phi) is 8.20. The van der Waals surface area contributed by atoms with Gasteiger partial charge in [-0.3, -0.25) is 19.1 Å². The Morgan fingerprint density at radius 1 is 1.11 bits per heavy atom. The average Bonchev–Trinajstić information content (AvgIpc) is 3.65. The average molecular weight is 614 g/mol. The highest BCUT2D eigenvalue weighted by molar-refractivity contribution is 6.01. The first-order chi connectivity index (χ1) is 21.6. The molecule has 3 aliphatic rings. The molecule has 1 aromatic heterocycles. The Morgan fingerprint density at radius 2 is 1.89 bits per heavy atom. The van der Waals surface area contributed by atoms with Crippen molar-refractivity contribution >= 4 is 23.4 Å². The van der Waals surface area contributed by atoms with E-state index in [0.29, 0.717) is 24.5 Å². The maximum absolute atomic E-state index is 14.3. The summed E-state index contributed by atoms with van der Waals surface area (Å²) in [5.41, 5.74) is 1.44. The lowest BCUT2D eigenvalue weighted by atomic mass is 9.70. The van der Waals surface area contributed by atoms with E-state index in [1.54, 1.807) is 32.5 Å². The molecule has 2 aromatic carbocycles. The van der Waals surface area contributed by atoms with Gasteiger partial charge in [0.05, 0.1) is 18.6 Å². The number of nitrogens with zero attached hydrogens (tertiary/aromatic N) is 2. The van der Waals surface area contributed by atoms with Crippen molar-refractivity contribution in [2.24, 2.45) is 17.9 Å². The first-order valence-electron chi connectivity index (χ1n) is 15.8. The summed E-state index contributed by atoms with van der Waals surface area (Å²) in [6.45, 7) is 5.35. The molecule has 2 aliphatic carbocycles. The molecular formula is C35H43N5O5. The van der Waals surface area contributed by atoms with Crippen molar-refractivity contribution in [3.05, 3.63) is 77.6 Å². The summed E-state index contributed by atoms with van der Waals surface area (Å²) < 4.78 is 13.1. The Balaban J connectivity index is 1.29. The van der Waals surface area contributed by atoms with Crippen LogP contribution in [0.1, 0.15) is 73.5 Å². The van der Waals surface area contributed by atoms with Gasteiger partial charge in [-0.25, -0.2) is 0 Å². The maximum atomic E-state index is 14.3. The van der Waals surface area contributed by atoms with E-state index < -0.39 is 11.5 Å². The third-order valence-electron chi connectivity index (χ3n) is 10.2. The first-order valence-corrected chi connectivity index (χ1v) is 15.8. The number of fused-ring (bicyclic) bond motifs is 1. The van der Waals surface area contributed by atoms with Crippen LogP contribution < -0.4 is 20.7 Å². The molecule has 45 heavy (non-hydrogen) atoms. The number of hydrogen-bond donors (Lipinski definition) is 3. The summed E-state index contributed by atoms with van der Waals surface area (Å²) >= 11 is 0. The molecule has 6 rings (SSSR count). The zero-order valence-electron chi connectivity index (χ0n) is 26.5. The lowest BCUT2D eigenvalue weighted by molar-refractivity contribution is -0.129. The number of para-hydroxylation sites is 1. The number of rotatable bonds is 11. The molecule has 10 nitrogen and oxygen atoms in total. The molecule has 3 aromatic rings. The lowest BCUT2D eigenvalue weighted by Crippen LogP contribution is -2.52. The molecule has 2 heterocycles. The maximum Gasteiger partial charge on any atom is 0.270 e. The third kappa shape index (κ3) is 5.95. The predicted octanol–water partition coefficient (Wildman–Crippen LogP) is 4.32. The highest BCUT2D eigenvalue weighted by atomic mass is 16.5. The van der Waals surface area contributed by atoms with E-state index >= 15 is 0 Å². The van der Waals surface area contributed by atoms with Gasteiger partial charge in [0.25, 0.3) is 5.91 Å². The van der Waals surface area contributed by atoms with Crippen LogP contribution in [-0.4, -0.2) is 60.4 Å². The minimum Gasteiger partial charge on any atom is -0.493 e. The number of methoxy groups -OCH3 is 1. The highest BCUT2D eigenvalue weighted by Crippen LogP contribution is 2.61. The van der Waals surface area contributed by atoms with Crippen LogP contribution in [0.5, 0.6) is 5.75 Å². The van der Waals surface area contributed by atoms with Crippen molar-refractivity contribution < 1.29 is 23.9 Å². The van der Waals surface area contributed by atoms with Gasteiger partial charge in [0.15, 0.2) is 0 Å². The van der Waals surface area contributed by atoms with Crippen molar-refractivity contribution in [3.8, 4) is 5.75 Å². The minimum atomic E-state index is -0.972. The van der Waals surface area contributed by atoms with Gasteiger partial charge in [0, 0.05) is 49.5 Å². The standard InChI is InChI=1S/C35H43N5O5/c1-33(14-8-15-33)20-36-32(43)34(2,21-44-4)23-9-7-10-24(19-23)38-31(42)29(39-30(41)26-13-18-37-40(26)3)28-25-11-5-6-12-27(25)45-22-35(28)16-17-35/h5-7,9-13,18-19,28-29H,8,14-17,20-22H2,1-4H3,(H,36,43)(H,38,42)(H,39,41)/t28?,29-,34?/m0/s1. The predicted molar refractivity (Wildman–Crippen MR) is 170 cm³/mol. The Hall–Kier alpha value is -4.18. The van der Waals surface area contributed by atoms with Gasteiger partial charge in [-0.15, -0.1) is 0 Å². The van der Waals surface area contributed by atoms with Crippen LogP contribution in [0.4, 0.5) is 5.69 Å². The summed E-state index contributed by atoms with van der Waals surface area (Å²) in [5.74, 6) is -0.400. The number of ether oxygens (including phenoxy) is 2. The monoisotopic (exact) mass is 613 g/mol. The number of anilines is 1. The molecular weight excluding hydrogens is 570 g/mol. The fourth-order valence-electron chi connectivity index (χ4n) is 6.95. The van der Waals surface area contributed by atoms with E-state index in [4.69, 9.17) is 9.47 Å². The van der Waals surface area contributed by atoms with E-state index in [-0.39, 0.29) is 41.1 Å². The molecule has 2 fully saturated rings. The van der Waals surface area contributed by atoms with Gasteiger partial charge < -0.3 is 25.4 Å². The summed E-state index contributed by atoms with van der Waals surface area (Å²) in [7, 11) is 3.28. The van der Waals surface area contributed by atoms with Gasteiger partial charge in [-0.05, 0) is 67.9 Å².